The van der Waals surface area contributed by atoms with Crippen molar-refractivity contribution >= 4 is 23.5 Å². The number of nitro benzene ring substituents is 1. The SMILES string of the molecule is COc1cc(OC)cc(C(=O)NN=Cc2ccc(N3CCN(C)CC3)c([N+](=O)[O-])c2)c1. The Morgan fingerprint density at radius 2 is 1.74 bits per heavy atom. The number of nitrogens with one attached hydrogen (secondary N) is 1. The summed E-state index contributed by atoms with van der Waals surface area (Å²) in [5.74, 6) is 0.490. The lowest BCUT2D eigenvalue weighted by atomic mass is 10.1. The Morgan fingerprint density at radius 3 is 2.32 bits per heavy atom. The summed E-state index contributed by atoms with van der Waals surface area (Å²) in [4.78, 5) is 27.8. The average molecular weight is 427 g/mol. The molecule has 0 bridgehead atoms. The van der Waals surface area contributed by atoms with Crippen LogP contribution in [0.25, 0.3) is 0 Å². The second-order valence-electron chi connectivity index (χ2n) is 7.10. The molecule has 1 amide bonds. The van der Waals surface area contributed by atoms with Gasteiger partial charge in [0, 0.05) is 49.4 Å². The monoisotopic (exact) mass is 427 g/mol. The molecule has 0 aliphatic carbocycles. The van der Waals surface area contributed by atoms with E-state index < -0.39 is 10.8 Å². The van der Waals surface area contributed by atoms with Crippen molar-refractivity contribution in [3.05, 3.63) is 57.6 Å². The van der Waals surface area contributed by atoms with Crippen LogP contribution in [0.3, 0.4) is 0 Å². The maximum atomic E-state index is 12.4. The first-order chi connectivity index (χ1) is 14.9. The summed E-state index contributed by atoms with van der Waals surface area (Å²) in [5, 5.41) is 15.5. The van der Waals surface area contributed by atoms with Gasteiger partial charge in [-0.3, -0.25) is 14.9 Å². The summed E-state index contributed by atoms with van der Waals surface area (Å²) >= 11 is 0. The van der Waals surface area contributed by atoms with Gasteiger partial charge >= 0.3 is 0 Å². The Labute approximate surface area is 180 Å². The van der Waals surface area contributed by atoms with Crippen molar-refractivity contribution in [2.24, 2.45) is 5.10 Å². The fraction of sp³-hybridized carbons (Fsp3) is 0.333. The first kappa shape index (κ1) is 22.0. The number of piperazine rings is 1. The first-order valence-corrected chi connectivity index (χ1v) is 9.69. The molecule has 164 valence electrons. The van der Waals surface area contributed by atoms with Gasteiger partial charge in [0.1, 0.15) is 17.2 Å². The molecule has 0 spiro atoms. The second-order valence-corrected chi connectivity index (χ2v) is 7.10. The number of ether oxygens (including phenoxy) is 2. The Balaban J connectivity index is 1.73. The fourth-order valence-electron chi connectivity index (χ4n) is 3.25. The molecule has 2 aromatic carbocycles. The molecule has 0 radical (unpaired) electrons. The molecule has 0 unspecified atom stereocenters. The van der Waals surface area contributed by atoms with Gasteiger partial charge in [0.2, 0.25) is 0 Å². The van der Waals surface area contributed by atoms with Crippen molar-refractivity contribution in [3.63, 3.8) is 0 Å². The summed E-state index contributed by atoms with van der Waals surface area (Å²) < 4.78 is 10.3. The lowest BCUT2D eigenvalue weighted by Gasteiger charge is -2.33. The molecule has 2 aromatic rings. The molecular formula is C21H25N5O5. The van der Waals surface area contributed by atoms with E-state index in [2.05, 4.69) is 15.4 Å². The average Bonchev–Trinajstić information content (AvgIpc) is 2.79. The van der Waals surface area contributed by atoms with Gasteiger partial charge in [-0.25, -0.2) is 5.43 Å². The number of hydrazone groups is 1. The van der Waals surface area contributed by atoms with Gasteiger partial charge in [-0.1, -0.05) is 6.07 Å². The molecule has 1 fully saturated rings. The standard InChI is InChI=1S/C21H25N5O5/c1-24-6-8-25(9-7-24)19-5-4-15(10-20(19)26(28)29)14-22-23-21(27)16-11-17(30-2)13-18(12-16)31-3/h4-5,10-14H,6-9H2,1-3H3,(H,23,27). The third-order valence-electron chi connectivity index (χ3n) is 5.03. The van der Waals surface area contributed by atoms with Crippen molar-refractivity contribution in [1.82, 2.24) is 10.3 Å². The van der Waals surface area contributed by atoms with E-state index in [1.165, 1.54) is 26.5 Å². The van der Waals surface area contributed by atoms with E-state index in [-0.39, 0.29) is 5.69 Å². The zero-order valence-corrected chi connectivity index (χ0v) is 17.7. The highest BCUT2D eigenvalue weighted by atomic mass is 16.6. The van der Waals surface area contributed by atoms with E-state index in [0.29, 0.717) is 28.3 Å². The zero-order chi connectivity index (χ0) is 22.4. The largest absolute Gasteiger partial charge is 0.497 e. The molecule has 1 heterocycles. The lowest BCUT2D eigenvalue weighted by molar-refractivity contribution is -0.384. The Kier molecular flexibility index (Phi) is 7.03. The normalized spacial score (nSPS) is 14.5. The highest BCUT2D eigenvalue weighted by Gasteiger charge is 2.22. The van der Waals surface area contributed by atoms with Crippen LogP contribution in [0.2, 0.25) is 0 Å². The molecule has 10 heteroatoms. The van der Waals surface area contributed by atoms with Crippen LogP contribution < -0.4 is 19.8 Å². The highest BCUT2D eigenvalue weighted by molar-refractivity contribution is 5.95. The predicted octanol–water partition coefficient (Wildman–Crippen LogP) is 2.13. The van der Waals surface area contributed by atoms with Crippen molar-refractivity contribution in [3.8, 4) is 11.5 Å². The van der Waals surface area contributed by atoms with E-state index in [9.17, 15) is 14.9 Å². The Bertz CT molecular complexity index is 964. The maximum Gasteiger partial charge on any atom is 0.293 e. The number of rotatable bonds is 7. The van der Waals surface area contributed by atoms with Gasteiger partial charge < -0.3 is 19.3 Å². The third kappa shape index (κ3) is 5.48. The molecule has 0 aromatic heterocycles. The molecular weight excluding hydrogens is 402 g/mol. The van der Waals surface area contributed by atoms with E-state index in [1.807, 2.05) is 11.9 Å². The van der Waals surface area contributed by atoms with Gasteiger partial charge in [0.05, 0.1) is 25.4 Å². The molecule has 3 rings (SSSR count). The van der Waals surface area contributed by atoms with Gasteiger partial charge in [-0.15, -0.1) is 0 Å². The lowest BCUT2D eigenvalue weighted by Crippen LogP contribution is -2.44. The number of methoxy groups -OCH3 is 2. The molecule has 1 aliphatic rings. The topological polar surface area (TPSA) is 110 Å². The number of carbonyl (C=O) groups is 1. The van der Waals surface area contributed by atoms with Gasteiger partial charge in [0.15, 0.2) is 0 Å². The van der Waals surface area contributed by atoms with E-state index in [1.54, 1.807) is 30.3 Å². The van der Waals surface area contributed by atoms with Crippen molar-refractivity contribution < 1.29 is 19.2 Å². The Morgan fingerprint density at radius 1 is 1.10 bits per heavy atom. The second kappa shape index (κ2) is 9.90. The van der Waals surface area contributed by atoms with E-state index in [0.717, 1.165) is 26.2 Å². The fourth-order valence-corrected chi connectivity index (χ4v) is 3.25. The number of hydrogen-bond donors (Lipinski definition) is 1. The van der Waals surface area contributed by atoms with Crippen LogP contribution in [0.4, 0.5) is 11.4 Å². The molecule has 1 aliphatic heterocycles. The maximum absolute atomic E-state index is 12.4. The Hall–Kier alpha value is -3.66. The molecule has 1 N–H and O–H groups in total. The number of carbonyl (C=O) groups excluding carboxylic acids is 1. The van der Waals surface area contributed by atoms with Gasteiger partial charge in [-0.05, 0) is 25.2 Å². The molecule has 0 atom stereocenters. The number of amides is 1. The minimum Gasteiger partial charge on any atom is -0.497 e. The van der Waals surface area contributed by atoms with Crippen molar-refractivity contribution in [1.29, 1.82) is 0 Å². The predicted molar refractivity (Wildman–Crippen MR) is 117 cm³/mol. The van der Waals surface area contributed by atoms with Crippen LogP contribution in [-0.2, 0) is 0 Å². The summed E-state index contributed by atoms with van der Waals surface area (Å²) in [6.07, 6.45) is 1.37. The summed E-state index contributed by atoms with van der Waals surface area (Å²) in [7, 11) is 5.02. The number of likely N-dealkylation sites (N-methyl/N-ethyl adjacent to an activating group) is 1. The zero-order valence-electron chi connectivity index (χ0n) is 17.7. The quantitative estimate of drug-likeness (QED) is 0.409. The number of benzene rings is 2. The van der Waals surface area contributed by atoms with Gasteiger partial charge in [0.25, 0.3) is 11.6 Å². The van der Waals surface area contributed by atoms with Crippen molar-refractivity contribution in [2.45, 2.75) is 0 Å². The van der Waals surface area contributed by atoms with Crippen LogP contribution in [-0.4, -0.2) is 69.4 Å². The number of anilines is 1. The molecule has 31 heavy (non-hydrogen) atoms. The highest BCUT2D eigenvalue weighted by Crippen LogP contribution is 2.29. The minimum atomic E-state index is -0.461. The number of nitrogens with zero attached hydrogens (tertiary/aromatic N) is 4. The van der Waals surface area contributed by atoms with E-state index in [4.69, 9.17) is 9.47 Å². The van der Waals surface area contributed by atoms with Crippen LogP contribution >= 0.6 is 0 Å². The van der Waals surface area contributed by atoms with E-state index >= 15 is 0 Å². The van der Waals surface area contributed by atoms with Crippen LogP contribution in [0.5, 0.6) is 11.5 Å². The smallest absolute Gasteiger partial charge is 0.293 e. The summed E-state index contributed by atoms with van der Waals surface area (Å²) in [6.45, 7) is 3.15. The summed E-state index contributed by atoms with van der Waals surface area (Å²) in [5.41, 5.74) is 3.83. The van der Waals surface area contributed by atoms with Crippen LogP contribution in [0.15, 0.2) is 41.5 Å². The summed E-state index contributed by atoms with van der Waals surface area (Å²) in [6, 6.07) is 9.69. The van der Waals surface area contributed by atoms with Crippen LogP contribution in [0, 0.1) is 10.1 Å². The molecule has 10 nitrogen and oxygen atoms in total. The number of nitro groups is 1. The van der Waals surface area contributed by atoms with Crippen molar-refractivity contribution in [2.75, 3.05) is 52.3 Å². The minimum absolute atomic E-state index is 0.0114. The molecule has 1 saturated heterocycles. The molecule has 0 saturated carbocycles. The number of hydrogen-bond acceptors (Lipinski definition) is 8. The third-order valence-corrected chi connectivity index (χ3v) is 5.03. The first-order valence-electron chi connectivity index (χ1n) is 9.69. The van der Waals surface area contributed by atoms with Crippen LogP contribution in [0.1, 0.15) is 15.9 Å². The van der Waals surface area contributed by atoms with Gasteiger partial charge in [-0.2, -0.15) is 5.10 Å².